The van der Waals surface area contributed by atoms with Crippen LogP contribution in [-0.2, 0) is 10.2 Å². The van der Waals surface area contributed by atoms with Gasteiger partial charge in [0.05, 0.1) is 5.25 Å². The number of anilines is 1. The summed E-state index contributed by atoms with van der Waals surface area (Å²) in [5, 5.41) is 2.68. The molecule has 0 spiro atoms. The number of carbonyl (C=O) groups excluding carboxylic acids is 2. The molecule has 1 atom stereocenters. The van der Waals surface area contributed by atoms with Crippen molar-refractivity contribution in [1.29, 1.82) is 0 Å². The van der Waals surface area contributed by atoms with E-state index in [9.17, 15) is 9.59 Å². The van der Waals surface area contributed by atoms with E-state index in [1.165, 1.54) is 22.9 Å². The molecule has 0 saturated carbocycles. The molecule has 160 valence electrons. The van der Waals surface area contributed by atoms with Crippen molar-refractivity contribution in [3.8, 4) is 0 Å². The van der Waals surface area contributed by atoms with Gasteiger partial charge in [0, 0.05) is 21.7 Å². The number of rotatable bonds is 6. The summed E-state index contributed by atoms with van der Waals surface area (Å²) < 4.78 is 0. The predicted octanol–water partition coefficient (Wildman–Crippen LogP) is 6.64. The predicted molar refractivity (Wildman–Crippen MR) is 130 cm³/mol. The van der Waals surface area contributed by atoms with Crippen LogP contribution in [-0.4, -0.2) is 16.9 Å². The Hall–Kier alpha value is -2.85. The van der Waals surface area contributed by atoms with Gasteiger partial charge in [-0.3, -0.25) is 9.59 Å². The minimum Gasteiger partial charge on any atom is -0.325 e. The Balaban J connectivity index is 1.68. The molecule has 0 aliphatic rings. The molecule has 3 rings (SSSR count). The van der Waals surface area contributed by atoms with Crippen LogP contribution in [0.15, 0.2) is 77.7 Å². The van der Waals surface area contributed by atoms with Crippen LogP contribution in [0.2, 0.25) is 0 Å². The van der Waals surface area contributed by atoms with E-state index in [2.05, 4.69) is 26.1 Å². The quantitative estimate of drug-likeness (QED) is 0.351. The Morgan fingerprint density at radius 2 is 1.52 bits per heavy atom. The summed E-state index contributed by atoms with van der Waals surface area (Å²) in [6, 6.07) is 23.0. The van der Waals surface area contributed by atoms with Crippen LogP contribution in [0.3, 0.4) is 0 Å². The number of benzene rings is 3. The standard InChI is InChI=1S/C27H29NO2S/c1-18-9-15-24(16-10-18)31-19(2)26(30)28-23-8-6-7-21(17-23)25(29)20-11-13-22(14-12-20)27(3,4)5/h6-17,19H,1-5H3,(H,28,30)/t19-/m0/s1. The second kappa shape index (κ2) is 9.52. The van der Waals surface area contributed by atoms with Crippen molar-refractivity contribution in [3.05, 3.63) is 95.1 Å². The zero-order valence-electron chi connectivity index (χ0n) is 18.7. The number of aryl methyl sites for hydroxylation is 1. The third-order valence-electron chi connectivity index (χ3n) is 5.11. The molecule has 3 aromatic rings. The molecule has 0 radical (unpaired) electrons. The fourth-order valence-electron chi connectivity index (χ4n) is 3.14. The highest BCUT2D eigenvalue weighted by atomic mass is 32.2. The number of amides is 1. The van der Waals surface area contributed by atoms with E-state index in [1.54, 1.807) is 24.3 Å². The van der Waals surface area contributed by atoms with Crippen LogP contribution in [0, 0.1) is 6.92 Å². The second-order valence-corrected chi connectivity index (χ2v) is 10.2. The maximum absolute atomic E-state index is 12.9. The Bertz CT molecular complexity index is 1060. The minimum atomic E-state index is -0.257. The van der Waals surface area contributed by atoms with Crippen LogP contribution in [0.1, 0.15) is 54.7 Å². The molecule has 3 aromatic carbocycles. The molecule has 0 bridgehead atoms. The molecular formula is C27H29NO2S. The van der Waals surface area contributed by atoms with Crippen molar-refractivity contribution in [2.45, 2.75) is 50.2 Å². The van der Waals surface area contributed by atoms with Gasteiger partial charge in [-0.1, -0.05) is 74.9 Å². The van der Waals surface area contributed by atoms with E-state index in [-0.39, 0.29) is 22.4 Å². The molecule has 0 aliphatic heterocycles. The molecule has 31 heavy (non-hydrogen) atoms. The van der Waals surface area contributed by atoms with E-state index in [0.717, 1.165) is 4.90 Å². The maximum atomic E-state index is 12.9. The van der Waals surface area contributed by atoms with Crippen LogP contribution >= 0.6 is 11.8 Å². The number of hydrogen-bond donors (Lipinski definition) is 1. The van der Waals surface area contributed by atoms with E-state index in [4.69, 9.17) is 0 Å². The molecule has 1 N–H and O–H groups in total. The number of carbonyl (C=O) groups is 2. The summed E-state index contributed by atoms with van der Waals surface area (Å²) >= 11 is 1.51. The first kappa shape index (κ1) is 22.8. The Kier molecular flexibility index (Phi) is 7.01. The minimum absolute atomic E-state index is 0.0407. The maximum Gasteiger partial charge on any atom is 0.237 e. The Morgan fingerprint density at radius 3 is 2.13 bits per heavy atom. The van der Waals surface area contributed by atoms with Gasteiger partial charge in [0.1, 0.15) is 0 Å². The zero-order valence-corrected chi connectivity index (χ0v) is 19.5. The van der Waals surface area contributed by atoms with E-state index in [1.807, 2.05) is 62.4 Å². The van der Waals surface area contributed by atoms with Gasteiger partial charge < -0.3 is 5.32 Å². The van der Waals surface area contributed by atoms with Gasteiger partial charge in [-0.15, -0.1) is 11.8 Å². The normalized spacial score (nSPS) is 12.3. The van der Waals surface area contributed by atoms with Crippen molar-refractivity contribution in [3.63, 3.8) is 0 Å². The Labute approximate surface area is 189 Å². The molecular weight excluding hydrogens is 402 g/mol. The lowest BCUT2D eigenvalue weighted by molar-refractivity contribution is -0.115. The third kappa shape index (κ3) is 6.08. The van der Waals surface area contributed by atoms with Crippen LogP contribution in [0.4, 0.5) is 5.69 Å². The fourth-order valence-corrected chi connectivity index (χ4v) is 4.01. The molecule has 4 heteroatoms. The van der Waals surface area contributed by atoms with Crippen molar-refractivity contribution < 1.29 is 9.59 Å². The third-order valence-corrected chi connectivity index (χ3v) is 6.22. The molecule has 0 aromatic heterocycles. The lowest BCUT2D eigenvalue weighted by Crippen LogP contribution is -2.22. The first-order valence-electron chi connectivity index (χ1n) is 10.4. The van der Waals surface area contributed by atoms with Crippen LogP contribution in [0.5, 0.6) is 0 Å². The van der Waals surface area contributed by atoms with Gasteiger partial charge >= 0.3 is 0 Å². The van der Waals surface area contributed by atoms with Gasteiger partial charge in [-0.05, 0) is 49.1 Å². The Morgan fingerprint density at radius 1 is 0.871 bits per heavy atom. The van der Waals surface area contributed by atoms with Gasteiger partial charge in [-0.2, -0.15) is 0 Å². The monoisotopic (exact) mass is 431 g/mol. The lowest BCUT2D eigenvalue weighted by Gasteiger charge is -2.19. The summed E-state index contributed by atoms with van der Waals surface area (Å²) in [7, 11) is 0. The van der Waals surface area contributed by atoms with E-state index >= 15 is 0 Å². The topological polar surface area (TPSA) is 46.2 Å². The molecule has 0 fully saturated rings. The molecule has 0 unspecified atom stereocenters. The van der Waals surface area contributed by atoms with E-state index < -0.39 is 0 Å². The molecule has 0 saturated heterocycles. The molecule has 0 heterocycles. The average Bonchev–Trinajstić information content (AvgIpc) is 2.74. The van der Waals surface area contributed by atoms with E-state index in [0.29, 0.717) is 16.8 Å². The summed E-state index contributed by atoms with van der Waals surface area (Å²) in [6.07, 6.45) is 0. The summed E-state index contributed by atoms with van der Waals surface area (Å²) in [5.41, 5.74) is 4.23. The molecule has 1 amide bonds. The highest BCUT2D eigenvalue weighted by Gasteiger charge is 2.17. The lowest BCUT2D eigenvalue weighted by atomic mass is 9.86. The van der Waals surface area contributed by atoms with Crippen molar-refractivity contribution in [1.82, 2.24) is 0 Å². The summed E-state index contributed by atoms with van der Waals surface area (Å²) in [4.78, 5) is 26.6. The number of ketones is 1. The fraction of sp³-hybridized carbons (Fsp3) is 0.259. The number of hydrogen-bond acceptors (Lipinski definition) is 3. The van der Waals surface area contributed by atoms with Crippen molar-refractivity contribution in [2.24, 2.45) is 0 Å². The van der Waals surface area contributed by atoms with Gasteiger partial charge in [0.2, 0.25) is 5.91 Å². The zero-order chi connectivity index (χ0) is 22.6. The average molecular weight is 432 g/mol. The van der Waals surface area contributed by atoms with Crippen molar-refractivity contribution in [2.75, 3.05) is 5.32 Å². The number of nitrogens with one attached hydrogen (secondary N) is 1. The second-order valence-electron chi connectivity index (χ2n) is 8.80. The molecule has 0 aliphatic carbocycles. The van der Waals surface area contributed by atoms with Crippen LogP contribution < -0.4 is 5.32 Å². The van der Waals surface area contributed by atoms with Crippen molar-refractivity contribution >= 4 is 29.1 Å². The van der Waals surface area contributed by atoms with Gasteiger partial charge in [-0.25, -0.2) is 0 Å². The van der Waals surface area contributed by atoms with Gasteiger partial charge in [0.15, 0.2) is 5.78 Å². The van der Waals surface area contributed by atoms with Crippen LogP contribution in [0.25, 0.3) is 0 Å². The first-order chi connectivity index (χ1) is 14.6. The SMILES string of the molecule is Cc1ccc(S[C@@H](C)C(=O)Nc2cccc(C(=O)c3ccc(C(C)(C)C)cc3)c2)cc1. The highest BCUT2D eigenvalue weighted by Crippen LogP contribution is 2.26. The summed E-state index contributed by atoms with van der Waals surface area (Å²) in [6.45, 7) is 10.4. The molecule has 3 nitrogen and oxygen atoms in total. The largest absolute Gasteiger partial charge is 0.325 e. The smallest absolute Gasteiger partial charge is 0.237 e. The highest BCUT2D eigenvalue weighted by molar-refractivity contribution is 8.00. The first-order valence-corrected chi connectivity index (χ1v) is 11.3. The summed E-state index contributed by atoms with van der Waals surface area (Å²) in [5.74, 6) is -0.150. The number of thioether (sulfide) groups is 1. The van der Waals surface area contributed by atoms with Gasteiger partial charge in [0.25, 0.3) is 0 Å².